The SMILES string of the molecule is CCCCOCCOCCNC(=NC)NCC(C)N1CCN(CC)CC1. The van der Waals surface area contributed by atoms with Crippen LogP contribution in [0.4, 0.5) is 0 Å². The van der Waals surface area contributed by atoms with E-state index in [0.717, 1.165) is 51.7 Å². The lowest BCUT2D eigenvalue weighted by Crippen LogP contribution is -2.53. The zero-order chi connectivity index (χ0) is 19.0. The minimum absolute atomic E-state index is 0.504. The van der Waals surface area contributed by atoms with Crippen LogP contribution in [0, 0.1) is 0 Å². The molecule has 7 heteroatoms. The van der Waals surface area contributed by atoms with E-state index in [9.17, 15) is 0 Å². The van der Waals surface area contributed by atoms with Crippen molar-refractivity contribution in [2.45, 2.75) is 39.7 Å². The highest BCUT2D eigenvalue weighted by molar-refractivity contribution is 5.79. The molecule has 0 aromatic carbocycles. The van der Waals surface area contributed by atoms with Crippen molar-refractivity contribution in [2.75, 3.05) is 79.3 Å². The first kappa shape index (κ1) is 23.1. The lowest BCUT2D eigenvalue weighted by atomic mass is 10.2. The van der Waals surface area contributed by atoms with Crippen LogP contribution in [0.15, 0.2) is 4.99 Å². The molecule has 0 aliphatic carbocycles. The summed E-state index contributed by atoms with van der Waals surface area (Å²) in [4.78, 5) is 9.34. The monoisotopic (exact) mass is 371 g/mol. The molecule has 0 radical (unpaired) electrons. The number of guanidine groups is 1. The maximum Gasteiger partial charge on any atom is 0.191 e. The summed E-state index contributed by atoms with van der Waals surface area (Å²) in [7, 11) is 1.81. The van der Waals surface area contributed by atoms with Crippen LogP contribution < -0.4 is 10.6 Å². The molecule has 1 heterocycles. The molecule has 1 aliphatic rings. The van der Waals surface area contributed by atoms with E-state index in [1.165, 1.54) is 19.5 Å². The topological polar surface area (TPSA) is 61.4 Å². The summed E-state index contributed by atoms with van der Waals surface area (Å²) in [5.74, 6) is 0.840. The van der Waals surface area contributed by atoms with Gasteiger partial charge in [0.1, 0.15) is 0 Å². The van der Waals surface area contributed by atoms with Crippen molar-refractivity contribution in [1.29, 1.82) is 0 Å². The quantitative estimate of drug-likeness (QED) is 0.286. The molecule has 0 amide bonds. The molecule has 1 rings (SSSR count). The third kappa shape index (κ3) is 10.3. The fourth-order valence-electron chi connectivity index (χ4n) is 2.92. The van der Waals surface area contributed by atoms with E-state index in [1.807, 2.05) is 7.05 Å². The molecule has 154 valence electrons. The van der Waals surface area contributed by atoms with Crippen molar-refractivity contribution in [1.82, 2.24) is 20.4 Å². The van der Waals surface area contributed by atoms with Crippen LogP contribution in [-0.4, -0.2) is 101 Å². The van der Waals surface area contributed by atoms with Crippen LogP contribution >= 0.6 is 0 Å². The summed E-state index contributed by atoms with van der Waals surface area (Å²) in [5.41, 5.74) is 0. The first-order valence-electron chi connectivity index (χ1n) is 10.3. The minimum Gasteiger partial charge on any atom is -0.379 e. The molecule has 1 unspecified atom stereocenters. The fourth-order valence-corrected chi connectivity index (χ4v) is 2.92. The van der Waals surface area contributed by atoms with Gasteiger partial charge >= 0.3 is 0 Å². The Morgan fingerprint density at radius 2 is 1.69 bits per heavy atom. The summed E-state index contributed by atoms with van der Waals surface area (Å²) in [6.45, 7) is 17.0. The fraction of sp³-hybridized carbons (Fsp3) is 0.947. The largest absolute Gasteiger partial charge is 0.379 e. The lowest BCUT2D eigenvalue weighted by Gasteiger charge is -2.37. The summed E-state index contributed by atoms with van der Waals surface area (Å²) in [6.07, 6.45) is 2.29. The van der Waals surface area contributed by atoms with Crippen molar-refractivity contribution < 1.29 is 9.47 Å². The van der Waals surface area contributed by atoms with Crippen LogP contribution in [0.25, 0.3) is 0 Å². The minimum atomic E-state index is 0.504. The van der Waals surface area contributed by atoms with E-state index in [-0.39, 0.29) is 0 Å². The first-order valence-corrected chi connectivity index (χ1v) is 10.3. The van der Waals surface area contributed by atoms with Crippen molar-refractivity contribution in [3.63, 3.8) is 0 Å². The van der Waals surface area contributed by atoms with Crippen molar-refractivity contribution >= 4 is 5.96 Å². The van der Waals surface area contributed by atoms with Crippen molar-refractivity contribution in [2.24, 2.45) is 4.99 Å². The number of aliphatic imine (C=N–C) groups is 1. The average molecular weight is 372 g/mol. The molecule has 0 spiro atoms. The van der Waals surface area contributed by atoms with Gasteiger partial charge in [0, 0.05) is 59.0 Å². The van der Waals surface area contributed by atoms with Gasteiger partial charge in [-0.3, -0.25) is 9.89 Å². The van der Waals surface area contributed by atoms with E-state index in [2.05, 4.69) is 46.2 Å². The summed E-state index contributed by atoms with van der Waals surface area (Å²) in [5, 5.41) is 6.72. The Hall–Kier alpha value is -0.890. The second-order valence-electron chi connectivity index (χ2n) is 6.78. The van der Waals surface area contributed by atoms with Gasteiger partial charge in [0.25, 0.3) is 0 Å². The number of hydrogen-bond acceptors (Lipinski definition) is 5. The van der Waals surface area contributed by atoms with Crippen LogP contribution in [0.2, 0.25) is 0 Å². The predicted molar refractivity (Wildman–Crippen MR) is 109 cm³/mol. The average Bonchev–Trinajstić information content (AvgIpc) is 2.68. The second kappa shape index (κ2) is 15.2. The molecule has 2 N–H and O–H groups in total. The molecule has 0 aromatic rings. The number of rotatable bonds is 13. The van der Waals surface area contributed by atoms with E-state index in [1.54, 1.807) is 0 Å². The number of nitrogens with zero attached hydrogens (tertiary/aromatic N) is 3. The van der Waals surface area contributed by atoms with E-state index >= 15 is 0 Å². The van der Waals surface area contributed by atoms with Gasteiger partial charge in [-0.05, 0) is 19.9 Å². The highest BCUT2D eigenvalue weighted by Crippen LogP contribution is 2.05. The second-order valence-corrected chi connectivity index (χ2v) is 6.78. The molecule has 1 fully saturated rings. The Morgan fingerprint density at radius 3 is 2.31 bits per heavy atom. The van der Waals surface area contributed by atoms with Crippen molar-refractivity contribution in [3.8, 4) is 0 Å². The van der Waals surface area contributed by atoms with E-state index < -0.39 is 0 Å². The van der Waals surface area contributed by atoms with Gasteiger partial charge in [0.15, 0.2) is 5.96 Å². The van der Waals surface area contributed by atoms with Crippen LogP contribution in [0.3, 0.4) is 0 Å². The first-order chi connectivity index (χ1) is 12.7. The molecular formula is C19H41N5O2. The molecule has 26 heavy (non-hydrogen) atoms. The Bertz CT molecular complexity index is 360. The van der Waals surface area contributed by atoms with Gasteiger partial charge in [0.2, 0.25) is 0 Å². The number of piperazine rings is 1. The van der Waals surface area contributed by atoms with Crippen LogP contribution in [-0.2, 0) is 9.47 Å². The van der Waals surface area contributed by atoms with Crippen LogP contribution in [0.1, 0.15) is 33.6 Å². The number of likely N-dealkylation sites (N-methyl/N-ethyl adjacent to an activating group) is 1. The zero-order valence-electron chi connectivity index (χ0n) is 17.4. The van der Waals surface area contributed by atoms with Gasteiger partial charge in [-0.1, -0.05) is 20.3 Å². The third-order valence-electron chi connectivity index (χ3n) is 4.82. The highest BCUT2D eigenvalue weighted by Gasteiger charge is 2.20. The van der Waals surface area contributed by atoms with Gasteiger partial charge < -0.3 is 25.0 Å². The van der Waals surface area contributed by atoms with Gasteiger partial charge in [0.05, 0.1) is 19.8 Å². The summed E-state index contributed by atoms with van der Waals surface area (Å²) < 4.78 is 11.0. The third-order valence-corrected chi connectivity index (χ3v) is 4.82. The smallest absolute Gasteiger partial charge is 0.191 e. The Morgan fingerprint density at radius 1 is 1.00 bits per heavy atom. The normalized spacial score (nSPS) is 18.1. The maximum atomic E-state index is 5.57. The van der Waals surface area contributed by atoms with Crippen LogP contribution in [0.5, 0.6) is 0 Å². The van der Waals surface area contributed by atoms with E-state index in [4.69, 9.17) is 9.47 Å². The van der Waals surface area contributed by atoms with Gasteiger partial charge in [-0.2, -0.15) is 0 Å². The van der Waals surface area contributed by atoms with Crippen molar-refractivity contribution in [3.05, 3.63) is 0 Å². The number of unbranched alkanes of at least 4 members (excludes halogenated alkanes) is 1. The Kier molecular flexibility index (Phi) is 13.5. The lowest BCUT2D eigenvalue weighted by molar-refractivity contribution is 0.0487. The molecule has 1 saturated heterocycles. The van der Waals surface area contributed by atoms with Gasteiger partial charge in [-0.15, -0.1) is 0 Å². The molecule has 0 bridgehead atoms. The zero-order valence-corrected chi connectivity index (χ0v) is 17.4. The summed E-state index contributed by atoms with van der Waals surface area (Å²) in [6, 6.07) is 0.504. The Labute approximate surface area is 160 Å². The predicted octanol–water partition coefficient (Wildman–Crippen LogP) is 1.01. The molecular weight excluding hydrogens is 330 g/mol. The Balaban J connectivity index is 2.04. The summed E-state index contributed by atoms with van der Waals surface area (Å²) >= 11 is 0. The number of nitrogens with one attached hydrogen (secondary N) is 2. The highest BCUT2D eigenvalue weighted by atomic mass is 16.5. The van der Waals surface area contributed by atoms with Gasteiger partial charge in [-0.25, -0.2) is 0 Å². The molecule has 0 saturated carbocycles. The molecule has 0 aromatic heterocycles. The molecule has 7 nitrogen and oxygen atoms in total. The van der Waals surface area contributed by atoms with E-state index in [0.29, 0.717) is 25.9 Å². The standard InChI is InChI=1S/C19H41N5O2/c1-5-7-13-25-15-16-26-14-8-21-19(20-4)22-17-18(3)24-11-9-23(6-2)10-12-24/h18H,5-17H2,1-4H3,(H2,20,21,22). The maximum absolute atomic E-state index is 5.57. The number of ether oxygens (including phenoxy) is 2. The number of hydrogen-bond donors (Lipinski definition) is 2. The molecule has 1 aliphatic heterocycles. The molecule has 1 atom stereocenters.